The molecule has 1 aliphatic heterocycles. The quantitative estimate of drug-likeness (QED) is 0.0295. The van der Waals surface area contributed by atoms with E-state index in [0.29, 0.717) is 78.3 Å². The topological polar surface area (TPSA) is 271 Å². The molecule has 0 saturated carbocycles. The van der Waals surface area contributed by atoms with Crippen LogP contribution in [0.25, 0.3) is 0 Å². The smallest absolute Gasteiger partial charge is 0.407 e. The molecule has 0 radical (unpaired) electrons. The number of hydrogen-bond acceptors (Lipinski definition) is 20. The van der Waals surface area contributed by atoms with Crippen LogP contribution in [0.4, 0.5) is 4.79 Å². The Hall–Kier alpha value is -4.72. The molecule has 4 amide bonds. The van der Waals surface area contributed by atoms with Crippen molar-refractivity contribution in [3.8, 4) is 0 Å². The first-order valence-electron chi connectivity index (χ1n) is 32.6. The first-order valence-corrected chi connectivity index (χ1v) is 32.6. The van der Waals surface area contributed by atoms with E-state index in [2.05, 4.69) is 21.3 Å². The number of carbonyl (C=O) groups is 8. The number of esters is 4. The van der Waals surface area contributed by atoms with E-state index in [4.69, 9.17) is 37.9 Å². The van der Waals surface area contributed by atoms with Gasteiger partial charge in [-0.2, -0.15) is 0 Å². The number of hydrogen-bond donors (Lipinski definition) is 4. The summed E-state index contributed by atoms with van der Waals surface area (Å²) in [7, 11) is 1.63. The lowest BCUT2D eigenvalue weighted by atomic mass is 9.91. The minimum atomic E-state index is -0.961. The summed E-state index contributed by atoms with van der Waals surface area (Å²) in [4.78, 5) is 116. The fourth-order valence-electron chi connectivity index (χ4n) is 9.36. The zero-order valence-corrected chi connectivity index (χ0v) is 60.9. The molecule has 0 aromatic carbocycles. The minimum Gasteiger partial charge on any atom is -0.459 e. The molecule has 0 aromatic rings. The Morgan fingerprint density at radius 1 is 0.429 bits per heavy atom. The summed E-state index contributed by atoms with van der Waals surface area (Å²) in [6, 6.07) is -1.78. The van der Waals surface area contributed by atoms with Crippen molar-refractivity contribution in [2.24, 2.45) is 21.7 Å². The number of unbranched alkanes of at least 4 members (excludes halogenated alkanes) is 1. The Morgan fingerprint density at radius 2 is 0.824 bits per heavy atom. The predicted octanol–water partition coefficient (Wildman–Crippen LogP) is 6.92. The maximum atomic E-state index is 14.4. The molecule has 0 spiro atoms. The number of methoxy groups -OCH3 is 1. The molecule has 1 aliphatic rings. The third kappa shape index (κ3) is 41.6. The van der Waals surface area contributed by atoms with Gasteiger partial charge in [0.25, 0.3) is 0 Å². The fourth-order valence-corrected chi connectivity index (χ4v) is 9.36. The van der Waals surface area contributed by atoms with E-state index < -0.39 is 86.3 Å². The molecule has 1 heterocycles. The highest BCUT2D eigenvalue weighted by atomic mass is 16.6. The number of nitrogens with zero attached hydrogens (tertiary/aromatic N) is 4. The molecule has 0 bridgehead atoms. The summed E-state index contributed by atoms with van der Waals surface area (Å²) in [5.41, 5.74) is -6.01. The third-order valence-corrected chi connectivity index (χ3v) is 13.8. The number of carbonyl (C=O) groups excluding carboxylic acids is 8. The van der Waals surface area contributed by atoms with Crippen LogP contribution in [0.2, 0.25) is 0 Å². The second kappa shape index (κ2) is 37.4. The number of nitrogens with one attached hydrogen (secondary N) is 4. The van der Waals surface area contributed by atoms with Gasteiger partial charge in [0.15, 0.2) is 0 Å². The Balaban J connectivity index is 3.31. The fraction of sp³-hybridized carbons (Fsp3) is 0.881. The molecule has 530 valence electrons. The molecule has 1 saturated heterocycles. The summed E-state index contributed by atoms with van der Waals surface area (Å²) >= 11 is 0. The second-order valence-corrected chi connectivity index (χ2v) is 32.5. The van der Waals surface area contributed by atoms with Crippen LogP contribution in [0, 0.1) is 21.7 Å². The summed E-state index contributed by atoms with van der Waals surface area (Å²) in [6.07, 6.45) is 0.907. The van der Waals surface area contributed by atoms with Gasteiger partial charge >= 0.3 is 30.0 Å². The SMILES string of the molecule is COCC(C)(C)COCC(C)(C)C(=O)N[C@H](CCCCNC(=O)OC(C)(C)C)C(=O)NCC(C)(C)COCC(C)(C)CNC(=O)CCC(C(=O)OC(C)(C)C)N1CCN(CC(=O)OC(C)(C)C)CCN(CC(=O)OC(C)(C)C)CCN(CC(=O)OC(C)(C)C)CC1. The van der Waals surface area contributed by atoms with Gasteiger partial charge in [-0.1, -0.05) is 41.5 Å². The molecule has 0 aliphatic carbocycles. The van der Waals surface area contributed by atoms with Crippen LogP contribution in [0.3, 0.4) is 0 Å². The van der Waals surface area contributed by atoms with Gasteiger partial charge in [-0.05, 0) is 143 Å². The van der Waals surface area contributed by atoms with Crippen molar-refractivity contribution in [2.45, 2.75) is 231 Å². The van der Waals surface area contributed by atoms with E-state index in [9.17, 15) is 38.4 Å². The number of alkyl carbamates (subject to hydrolysis) is 1. The van der Waals surface area contributed by atoms with Gasteiger partial charge in [-0.25, -0.2) is 4.79 Å². The minimum absolute atomic E-state index is 0.0176. The number of ether oxygens (including phenoxy) is 8. The average Bonchev–Trinajstić information content (AvgIpc) is 1.11. The largest absolute Gasteiger partial charge is 0.459 e. The van der Waals surface area contributed by atoms with Crippen molar-refractivity contribution in [2.75, 3.05) is 132 Å². The van der Waals surface area contributed by atoms with Crippen LogP contribution in [-0.2, 0) is 71.5 Å². The first-order chi connectivity index (χ1) is 41.4. The van der Waals surface area contributed by atoms with Crippen LogP contribution in [0.5, 0.6) is 0 Å². The summed E-state index contributed by atoms with van der Waals surface area (Å²) in [6.45, 7) is 47.1. The highest BCUT2D eigenvalue weighted by Crippen LogP contribution is 2.24. The number of amides is 4. The standard InChI is InChI=1S/C67H126N8O16/c1-59(2,3)87-52(77)39-72-31-33-73(40-53(78)88-60(4,5)6)35-37-75(38-36-74(34-32-72)41-54(79)89-61(7,8)9)50(56(81)90-62(10,11)12)28-29-51(76)69-42-64(16,17)45-85-46-65(18,19)43-70-55(80)49(27-25-26-30-68-58(83)91-63(13,14)15)71-57(82)67(22,23)48-86-47-66(20,21)44-84-24/h49-50H,25-48H2,1-24H3,(H,68,83)(H,69,76)(H,70,80)(H,71,82)/t49-,50?/m1/s1. The monoisotopic (exact) mass is 1300 g/mol. The zero-order chi connectivity index (χ0) is 70.0. The Labute approximate surface area is 547 Å². The first kappa shape index (κ1) is 84.3. The van der Waals surface area contributed by atoms with E-state index in [0.717, 1.165) is 0 Å². The van der Waals surface area contributed by atoms with Crippen LogP contribution in [0.15, 0.2) is 0 Å². The molecule has 1 rings (SSSR count). The average molecular weight is 1300 g/mol. The molecule has 24 heteroatoms. The van der Waals surface area contributed by atoms with Crippen molar-refractivity contribution in [1.82, 2.24) is 40.9 Å². The van der Waals surface area contributed by atoms with Gasteiger partial charge in [0.05, 0.1) is 58.1 Å². The van der Waals surface area contributed by atoms with E-state index in [1.165, 1.54) is 0 Å². The van der Waals surface area contributed by atoms with Gasteiger partial charge in [0.1, 0.15) is 40.1 Å². The van der Waals surface area contributed by atoms with Crippen molar-refractivity contribution in [3.63, 3.8) is 0 Å². The summed E-state index contributed by atoms with van der Waals surface area (Å²) in [5.74, 6) is -2.77. The van der Waals surface area contributed by atoms with Gasteiger partial charge < -0.3 is 59.2 Å². The van der Waals surface area contributed by atoms with Gasteiger partial charge in [-0.15, -0.1) is 0 Å². The maximum absolute atomic E-state index is 14.4. The van der Waals surface area contributed by atoms with Crippen LogP contribution in [-0.4, -0.2) is 239 Å². The summed E-state index contributed by atoms with van der Waals surface area (Å²) < 4.78 is 46.2. The lowest BCUT2D eigenvalue weighted by Gasteiger charge is -2.37. The summed E-state index contributed by atoms with van der Waals surface area (Å²) in [5, 5.41) is 11.8. The third-order valence-electron chi connectivity index (χ3n) is 13.8. The molecule has 1 unspecified atom stereocenters. The van der Waals surface area contributed by atoms with Crippen molar-refractivity contribution in [1.29, 1.82) is 0 Å². The Morgan fingerprint density at radius 3 is 1.24 bits per heavy atom. The predicted molar refractivity (Wildman–Crippen MR) is 352 cm³/mol. The molecular weight excluding hydrogens is 1170 g/mol. The van der Waals surface area contributed by atoms with E-state index in [1.54, 1.807) is 125 Å². The van der Waals surface area contributed by atoms with Crippen molar-refractivity contribution >= 4 is 47.7 Å². The molecule has 1 fully saturated rings. The van der Waals surface area contributed by atoms with Crippen molar-refractivity contribution in [3.05, 3.63) is 0 Å². The Bertz CT molecular complexity index is 2230. The van der Waals surface area contributed by atoms with Crippen LogP contribution < -0.4 is 21.3 Å². The van der Waals surface area contributed by atoms with E-state index in [-0.39, 0.29) is 102 Å². The second-order valence-electron chi connectivity index (χ2n) is 32.5. The molecular formula is C67H126N8O16. The zero-order valence-electron chi connectivity index (χ0n) is 60.9. The highest BCUT2D eigenvalue weighted by Gasteiger charge is 2.36. The van der Waals surface area contributed by atoms with Crippen LogP contribution in [0.1, 0.15) is 191 Å². The molecule has 91 heavy (non-hydrogen) atoms. The molecule has 0 aromatic heterocycles. The Kier molecular flexibility index (Phi) is 34.6. The lowest BCUT2D eigenvalue weighted by molar-refractivity contribution is -0.163. The van der Waals surface area contributed by atoms with Gasteiger partial charge in [0.2, 0.25) is 17.7 Å². The molecule has 4 N–H and O–H groups in total. The van der Waals surface area contributed by atoms with Crippen LogP contribution >= 0.6 is 0 Å². The normalized spacial score (nSPS) is 16.3. The van der Waals surface area contributed by atoms with Crippen molar-refractivity contribution < 1.29 is 76.3 Å². The molecule has 2 atom stereocenters. The number of rotatable bonds is 33. The van der Waals surface area contributed by atoms with Gasteiger partial charge in [0, 0.05) is 102 Å². The van der Waals surface area contributed by atoms with Gasteiger partial charge in [-0.3, -0.25) is 53.2 Å². The highest BCUT2D eigenvalue weighted by molar-refractivity contribution is 5.90. The maximum Gasteiger partial charge on any atom is 0.407 e. The lowest BCUT2D eigenvalue weighted by Crippen LogP contribution is -2.53. The molecule has 24 nitrogen and oxygen atoms in total. The van der Waals surface area contributed by atoms with E-state index in [1.807, 2.05) is 61.1 Å². The van der Waals surface area contributed by atoms with E-state index >= 15 is 0 Å².